The highest BCUT2D eigenvalue weighted by molar-refractivity contribution is 7.98. The molecule has 15 heavy (non-hydrogen) atoms. The number of nitrogen functional groups attached to an aromatic ring is 1. The van der Waals surface area contributed by atoms with E-state index >= 15 is 0 Å². The van der Waals surface area contributed by atoms with E-state index in [0.717, 1.165) is 12.6 Å². The van der Waals surface area contributed by atoms with Gasteiger partial charge in [-0.1, -0.05) is 0 Å². The number of hydrogen-bond acceptors (Lipinski definition) is 5. The molecule has 1 atom stereocenters. The number of likely N-dealkylation sites (tertiary alicyclic amines) is 1. The SMILES string of the molecule is CSCC1CCCN1Cc1cnc(N)s1. The summed E-state index contributed by atoms with van der Waals surface area (Å²) in [5.41, 5.74) is 5.63. The number of nitrogens with two attached hydrogens (primary N) is 1. The maximum atomic E-state index is 5.63. The Morgan fingerprint density at radius 1 is 1.73 bits per heavy atom. The quantitative estimate of drug-likeness (QED) is 0.879. The van der Waals surface area contributed by atoms with Crippen molar-refractivity contribution in [1.29, 1.82) is 0 Å². The van der Waals surface area contributed by atoms with Gasteiger partial charge in [-0.3, -0.25) is 4.90 Å². The molecular weight excluding hydrogens is 226 g/mol. The maximum absolute atomic E-state index is 5.63. The molecule has 0 aromatic carbocycles. The minimum absolute atomic E-state index is 0.686. The second-order valence-corrected chi connectivity index (χ2v) is 5.94. The van der Waals surface area contributed by atoms with Crippen molar-refractivity contribution < 1.29 is 0 Å². The predicted molar refractivity (Wildman–Crippen MR) is 68.3 cm³/mol. The van der Waals surface area contributed by atoms with E-state index in [1.54, 1.807) is 11.3 Å². The van der Waals surface area contributed by atoms with E-state index in [-0.39, 0.29) is 0 Å². The summed E-state index contributed by atoms with van der Waals surface area (Å²) in [7, 11) is 0. The minimum atomic E-state index is 0.686. The summed E-state index contributed by atoms with van der Waals surface area (Å²) in [6.07, 6.45) is 6.77. The Morgan fingerprint density at radius 3 is 3.27 bits per heavy atom. The van der Waals surface area contributed by atoms with Crippen LogP contribution < -0.4 is 5.73 Å². The van der Waals surface area contributed by atoms with Crippen LogP contribution in [0.3, 0.4) is 0 Å². The van der Waals surface area contributed by atoms with Gasteiger partial charge in [0.2, 0.25) is 0 Å². The highest BCUT2D eigenvalue weighted by atomic mass is 32.2. The summed E-state index contributed by atoms with van der Waals surface area (Å²) in [5.74, 6) is 1.24. The molecule has 0 saturated carbocycles. The van der Waals surface area contributed by atoms with Gasteiger partial charge in [-0.15, -0.1) is 11.3 Å². The third-order valence-corrected chi connectivity index (χ3v) is 4.32. The van der Waals surface area contributed by atoms with Crippen LogP contribution in [-0.2, 0) is 6.54 Å². The van der Waals surface area contributed by atoms with Gasteiger partial charge in [0.05, 0.1) is 0 Å². The Balaban J connectivity index is 1.93. The number of hydrogen-bond donors (Lipinski definition) is 1. The lowest BCUT2D eigenvalue weighted by atomic mass is 10.2. The molecule has 0 aliphatic carbocycles. The average molecular weight is 243 g/mol. The monoisotopic (exact) mass is 243 g/mol. The van der Waals surface area contributed by atoms with Crippen LogP contribution >= 0.6 is 23.1 Å². The lowest BCUT2D eigenvalue weighted by Crippen LogP contribution is -2.30. The number of thiazole rings is 1. The van der Waals surface area contributed by atoms with E-state index in [4.69, 9.17) is 5.73 Å². The zero-order valence-corrected chi connectivity index (χ0v) is 10.6. The molecule has 1 aromatic heterocycles. The minimum Gasteiger partial charge on any atom is -0.375 e. The molecule has 1 fully saturated rings. The number of aromatic nitrogens is 1. The lowest BCUT2D eigenvalue weighted by molar-refractivity contribution is 0.266. The van der Waals surface area contributed by atoms with E-state index in [9.17, 15) is 0 Å². The van der Waals surface area contributed by atoms with Crippen molar-refractivity contribution in [2.24, 2.45) is 0 Å². The molecule has 0 spiro atoms. The molecule has 1 aliphatic heterocycles. The Morgan fingerprint density at radius 2 is 2.60 bits per heavy atom. The molecule has 2 rings (SSSR count). The third-order valence-electron chi connectivity index (χ3n) is 2.79. The van der Waals surface area contributed by atoms with Crippen molar-refractivity contribution in [1.82, 2.24) is 9.88 Å². The molecule has 1 saturated heterocycles. The van der Waals surface area contributed by atoms with Crippen LogP contribution in [0.5, 0.6) is 0 Å². The van der Waals surface area contributed by atoms with Crippen LogP contribution in [0.4, 0.5) is 5.13 Å². The third kappa shape index (κ3) is 2.86. The Hall–Kier alpha value is -0.260. The van der Waals surface area contributed by atoms with Gasteiger partial charge in [0.15, 0.2) is 5.13 Å². The molecule has 3 nitrogen and oxygen atoms in total. The summed E-state index contributed by atoms with van der Waals surface area (Å²) in [6, 6.07) is 0.753. The fourth-order valence-electron chi connectivity index (χ4n) is 2.08. The lowest BCUT2D eigenvalue weighted by Gasteiger charge is -2.22. The normalized spacial score (nSPS) is 22.3. The first-order valence-electron chi connectivity index (χ1n) is 5.23. The van der Waals surface area contributed by atoms with E-state index in [2.05, 4.69) is 16.1 Å². The molecular formula is C10H17N3S2. The number of anilines is 1. The van der Waals surface area contributed by atoms with Crippen LogP contribution in [0.2, 0.25) is 0 Å². The highest BCUT2D eigenvalue weighted by Crippen LogP contribution is 2.24. The molecule has 2 heterocycles. The molecule has 1 unspecified atom stereocenters. The molecule has 2 N–H and O–H groups in total. The van der Waals surface area contributed by atoms with Crippen molar-refractivity contribution in [2.45, 2.75) is 25.4 Å². The van der Waals surface area contributed by atoms with Gasteiger partial charge < -0.3 is 5.73 Å². The number of thioether (sulfide) groups is 1. The highest BCUT2D eigenvalue weighted by Gasteiger charge is 2.24. The number of rotatable bonds is 4. The first-order chi connectivity index (χ1) is 7.29. The average Bonchev–Trinajstić information content (AvgIpc) is 2.78. The fourth-order valence-corrected chi connectivity index (χ4v) is 3.55. The molecule has 0 bridgehead atoms. The van der Waals surface area contributed by atoms with Crippen molar-refractivity contribution in [3.05, 3.63) is 11.1 Å². The Bertz CT molecular complexity index is 313. The van der Waals surface area contributed by atoms with E-state index in [1.807, 2.05) is 18.0 Å². The van der Waals surface area contributed by atoms with Crippen LogP contribution in [0.25, 0.3) is 0 Å². The van der Waals surface area contributed by atoms with Gasteiger partial charge in [0.1, 0.15) is 0 Å². The van der Waals surface area contributed by atoms with E-state index < -0.39 is 0 Å². The Labute approximate surface area is 99.1 Å². The molecule has 0 amide bonds. The Kier molecular flexibility index (Phi) is 3.88. The van der Waals surface area contributed by atoms with Gasteiger partial charge in [-0.2, -0.15) is 11.8 Å². The van der Waals surface area contributed by atoms with Gasteiger partial charge in [-0.05, 0) is 25.6 Å². The number of nitrogens with zero attached hydrogens (tertiary/aromatic N) is 2. The van der Waals surface area contributed by atoms with Crippen molar-refractivity contribution >= 4 is 28.2 Å². The van der Waals surface area contributed by atoms with Gasteiger partial charge in [-0.25, -0.2) is 4.98 Å². The van der Waals surface area contributed by atoms with Crippen LogP contribution in [0.1, 0.15) is 17.7 Å². The van der Waals surface area contributed by atoms with Crippen molar-refractivity contribution in [3.8, 4) is 0 Å². The van der Waals surface area contributed by atoms with Gasteiger partial charge in [0.25, 0.3) is 0 Å². The molecule has 1 aromatic rings. The molecule has 1 aliphatic rings. The summed E-state index contributed by atoms with van der Waals surface area (Å²) in [6.45, 7) is 2.25. The predicted octanol–water partition coefficient (Wildman–Crippen LogP) is 2.05. The smallest absolute Gasteiger partial charge is 0.180 e. The van der Waals surface area contributed by atoms with Gasteiger partial charge >= 0.3 is 0 Å². The summed E-state index contributed by atoms with van der Waals surface area (Å²) in [5, 5.41) is 0.686. The summed E-state index contributed by atoms with van der Waals surface area (Å²) >= 11 is 3.55. The van der Waals surface area contributed by atoms with Crippen molar-refractivity contribution in [3.63, 3.8) is 0 Å². The summed E-state index contributed by atoms with van der Waals surface area (Å²) in [4.78, 5) is 7.95. The maximum Gasteiger partial charge on any atom is 0.180 e. The van der Waals surface area contributed by atoms with Crippen LogP contribution in [0, 0.1) is 0 Å². The van der Waals surface area contributed by atoms with E-state index in [0.29, 0.717) is 5.13 Å². The van der Waals surface area contributed by atoms with Crippen molar-refractivity contribution in [2.75, 3.05) is 24.3 Å². The van der Waals surface area contributed by atoms with Crippen LogP contribution in [0.15, 0.2) is 6.20 Å². The van der Waals surface area contributed by atoms with E-state index in [1.165, 1.54) is 30.0 Å². The zero-order valence-electron chi connectivity index (χ0n) is 8.98. The zero-order chi connectivity index (χ0) is 10.7. The first-order valence-corrected chi connectivity index (χ1v) is 7.44. The first kappa shape index (κ1) is 11.2. The second kappa shape index (κ2) is 5.18. The molecule has 0 radical (unpaired) electrons. The largest absolute Gasteiger partial charge is 0.375 e. The second-order valence-electron chi connectivity index (χ2n) is 3.89. The summed E-state index contributed by atoms with van der Waals surface area (Å²) < 4.78 is 0. The van der Waals surface area contributed by atoms with Gasteiger partial charge in [0, 0.05) is 29.4 Å². The topological polar surface area (TPSA) is 42.2 Å². The standard InChI is InChI=1S/C10H17N3S2/c1-14-7-8-3-2-4-13(8)6-9-5-12-10(11)15-9/h5,8H,2-4,6-7H2,1H3,(H2,11,12). The molecule has 84 valence electrons. The fraction of sp³-hybridized carbons (Fsp3) is 0.700. The van der Waals surface area contributed by atoms with Crippen LogP contribution in [-0.4, -0.2) is 34.5 Å². The molecule has 5 heteroatoms.